The monoisotopic (exact) mass is 349 g/mol. The summed E-state index contributed by atoms with van der Waals surface area (Å²) in [6.45, 7) is 0. The van der Waals surface area contributed by atoms with Crippen LogP contribution in [0, 0.1) is 0 Å². The van der Waals surface area contributed by atoms with Gasteiger partial charge in [-0.3, -0.25) is 0 Å². The average Bonchev–Trinajstić information content (AvgIpc) is 2.46. The van der Waals surface area contributed by atoms with Crippen LogP contribution >= 0.6 is 27.5 Å². The highest BCUT2D eigenvalue weighted by atomic mass is 79.9. The normalized spacial score (nSPS) is 10.7. The van der Waals surface area contributed by atoms with E-state index in [1.54, 1.807) is 0 Å². The third-order valence-electron chi connectivity index (χ3n) is 2.79. The van der Waals surface area contributed by atoms with Crippen molar-refractivity contribution in [1.29, 1.82) is 0 Å². The molecular weight excluding hydrogens is 342 g/mol. The molecule has 0 aliphatic heterocycles. The Hall–Kier alpha value is -1.85. The van der Waals surface area contributed by atoms with Crippen LogP contribution in [0.4, 0.5) is 5.69 Å². The van der Waals surface area contributed by atoms with Gasteiger partial charge in [-0.05, 0) is 44.4 Å². The number of hydrogen-bond donors (Lipinski definition) is 1. The molecule has 0 radical (unpaired) electrons. The fraction of sp³-hybridized carbons (Fsp3) is 0. The first-order chi connectivity index (χ1) is 9.65. The lowest BCUT2D eigenvalue weighted by Crippen LogP contribution is -1.97. The maximum atomic E-state index is 5.78. The van der Waals surface area contributed by atoms with Crippen LogP contribution < -0.4 is 10.5 Å². The van der Waals surface area contributed by atoms with Crippen LogP contribution in [-0.4, -0.2) is 9.97 Å². The summed E-state index contributed by atoms with van der Waals surface area (Å²) in [5, 5.41) is 2.25. The fourth-order valence-electron chi connectivity index (χ4n) is 1.83. The Balaban J connectivity index is 2.07. The zero-order chi connectivity index (χ0) is 14.1. The SMILES string of the molecule is Nc1cnc(Cl)nc1Oc1ccc2ccccc2c1Br. The predicted molar refractivity (Wildman–Crippen MR) is 83.2 cm³/mol. The Bertz CT molecular complexity index is 794. The third kappa shape index (κ3) is 2.42. The van der Waals surface area contributed by atoms with E-state index in [1.807, 2.05) is 36.4 Å². The number of anilines is 1. The van der Waals surface area contributed by atoms with Crippen molar-refractivity contribution in [2.75, 3.05) is 5.73 Å². The Morgan fingerprint density at radius 3 is 2.80 bits per heavy atom. The topological polar surface area (TPSA) is 61.0 Å². The summed E-state index contributed by atoms with van der Waals surface area (Å²) in [7, 11) is 0. The molecule has 2 N–H and O–H groups in total. The molecule has 0 amide bonds. The summed E-state index contributed by atoms with van der Waals surface area (Å²) in [6, 6.07) is 11.8. The van der Waals surface area contributed by atoms with Crippen molar-refractivity contribution < 1.29 is 4.74 Å². The number of fused-ring (bicyclic) bond motifs is 1. The molecule has 1 heterocycles. The van der Waals surface area contributed by atoms with E-state index in [1.165, 1.54) is 6.20 Å². The highest BCUT2D eigenvalue weighted by Gasteiger charge is 2.10. The molecule has 0 fully saturated rings. The molecule has 4 nitrogen and oxygen atoms in total. The number of nitrogens with zero attached hydrogens (tertiary/aromatic N) is 2. The number of hydrogen-bond acceptors (Lipinski definition) is 4. The molecule has 0 aliphatic carbocycles. The van der Waals surface area contributed by atoms with E-state index in [9.17, 15) is 0 Å². The average molecular weight is 351 g/mol. The van der Waals surface area contributed by atoms with E-state index < -0.39 is 0 Å². The third-order valence-corrected chi connectivity index (χ3v) is 3.79. The number of nitrogens with two attached hydrogens (primary N) is 1. The van der Waals surface area contributed by atoms with Gasteiger partial charge >= 0.3 is 0 Å². The molecule has 3 rings (SSSR count). The Labute approximate surface area is 128 Å². The fourth-order valence-corrected chi connectivity index (χ4v) is 2.53. The maximum Gasteiger partial charge on any atom is 0.247 e. The Morgan fingerprint density at radius 1 is 1.15 bits per heavy atom. The predicted octanol–water partition coefficient (Wildman–Crippen LogP) is 4.42. The molecule has 6 heteroatoms. The van der Waals surface area contributed by atoms with Crippen LogP contribution in [0.25, 0.3) is 10.8 Å². The number of ether oxygens (including phenoxy) is 1. The second kappa shape index (κ2) is 5.26. The smallest absolute Gasteiger partial charge is 0.247 e. The quantitative estimate of drug-likeness (QED) is 0.695. The lowest BCUT2D eigenvalue weighted by Gasteiger charge is -2.10. The van der Waals surface area contributed by atoms with Gasteiger partial charge in [0.05, 0.1) is 10.7 Å². The maximum absolute atomic E-state index is 5.78. The van der Waals surface area contributed by atoms with E-state index in [-0.39, 0.29) is 11.2 Å². The van der Waals surface area contributed by atoms with Gasteiger partial charge in [0.25, 0.3) is 0 Å². The molecular formula is C14H9BrClN3O. The van der Waals surface area contributed by atoms with Crippen LogP contribution in [0.2, 0.25) is 5.28 Å². The standard InChI is InChI=1S/C14H9BrClN3O/c15-12-9-4-2-1-3-8(9)5-6-11(12)20-13-10(17)7-18-14(16)19-13/h1-7H,17H2. The van der Waals surface area contributed by atoms with Crippen molar-refractivity contribution in [3.8, 4) is 11.6 Å². The number of aromatic nitrogens is 2. The van der Waals surface area contributed by atoms with E-state index >= 15 is 0 Å². The number of benzene rings is 2. The minimum Gasteiger partial charge on any atom is -0.436 e. The molecule has 2 aromatic carbocycles. The van der Waals surface area contributed by atoms with Crippen molar-refractivity contribution in [3.05, 3.63) is 52.4 Å². The van der Waals surface area contributed by atoms with Gasteiger partial charge in [0.2, 0.25) is 11.2 Å². The summed E-state index contributed by atoms with van der Waals surface area (Å²) in [6.07, 6.45) is 1.42. The molecule has 0 spiro atoms. The van der Waals surface area contributed by atoms with Gasteiger partial charge in [0.1, 0.15) is 11.4 Å². The molecule has 0 unspecified atom stereocenters. The minimum atomic E-state index is 0.0890. The van der Waals surface area contributed by atoms with E-state index in [0.29, 0.717) is 11.4 Å². The van der Waals surface area contributed by atoms with E-state index in [0.717, 1.165) is 15.2 Å². The molecule has 0 bridgehead atoms. The van der Waals surface area contributed by atoms with Gasteiger partial charge < -0.3 is 10.5 Å². The zero-order valence-electron chi connectivity index (χ0n) is 10.2. The van der Waals surface area contributed by atoms with Gasteiger partial charge in [-0.2, -0.15) is 4.98 Å². The molecule has 0 saturated carbocycles. The highest BCUT2D eigenvalue weighted by Crippen LogP contribution is 2.36. The van der Waals surface area contributed by atoms with Crippen LogP contribution in [0.1, 0.15) is 0 Å². The summed E-state index contributed by atoms with van der Waals surface area (Å²) in [5.74, 6) is 0.853. The second-order valence-corrected chi connectivity index (χ2v) is 5.23. The zero-order valence-corrected chi connectivity index (χ0v) is 12.5. The molecule has 0 aliphatic rings. The molecule has 20 heavy (non-hydrogen) atoms. The van der Waals surface area contributed by atoms with Gasteiger partial charge in [-0.15, -0.1) is 0 Å². The largest absolute Gasteiger partial charge is 0.436 e. The minimum absolute atomic E-state index is 0.0890. The van der Waals surface area contributed by atoms with Crippen molar-refractivity contribution >= 4 is 44.0 Å². The van der Waals surface area contributed by atoms with Crippen molar-refractivity contribution in [2.45, 2.75) is 0 Å². The van der Waals surface area contributed by atoms with Crippen LogP contribution in [0.15, 0.2) is 47.1 Å². The molecule has 1 aromatic heterocycles. The van der Waals surface area contributed by atoms with Crippen LogP contribution in [0.3, 0.4) is 0 Å². The van der Waals surface area contributed by atoms with Gasteiger partial charge in [0, 0.05) is 0 Å². The molecule has 100 valence electrons. The summed E-state index contributed by atoms with van der Waals surface area (Å²) in [5.41, 5.74) is 6.10. The Kier molecular flexibility index (Phi) is 3.46. The van der Waals surface area contributed by atoms with Crippen molar-refractivity contribution in [3.63, 3.8) is 0 Å². The number of halogens is 2. The first-order valence-corrected chi connectivity index (χ1v) is 6.95. The van der Waals surface area contributed by atoms with Crippen LogP contribution in [0.5, 0.6) is 11.6 Å². The van der Waals surface area contributed by atoms with Gasteiger partial charge in [-0.25, -0.2) is 4.98 Å². The summed E-state index contributed by atoms with van der Waals surface area (Å²) in [4.78, 5) is 7.77. The van der Waals surface area contributed by atoms with E-state index in [4.69, 9.17) is 22.1 Å². The van der Waals surface area contributed by atoms with Crippen molar-refractivity contribution in [1.82, 2.24) is 9.97 Å². The summed E-state index contributed by atoms with van der Waals surface area (Å²) >= 11 is 9.29. The molecule has 0 atom stereocenters. The first kappa shape index (κ1) is 13.1. The lowest BCUT2D eigenvalue weighted by atomic mass is 10.1. The molecule has 0 saturated heterocycles. The van der Waals surface area contributed by atoms with Gasteiger partial charge in [-0.1, -0.05) is 30.3 Å². The molecule has 3 aromatic rings. The van der Waals surface area contributed by atoms with Crippen molar-refractivity contribution in [2.24, 2.45) is 0 Å². The highest BCUT2D eigenvalue weighted by molar-refractivity contribution is 9.10. The van der Waals surface area contributed by atoms with Crippen LogP contribution in [-0.2, 0) is 0 Å². The first-order valence-electron chi connectivity index (χ1n) is 5.78. The number of nitrogen functional groups attached to an aromatic ring is 1. The second-order valence-electron chi connectivity index (χ2n) is 4.10. The number of rotatable bonds is 2. The summed E-state index contributed by atoms with van der Waals surface area (Å²) < 4.78 is 6.56. The Morgan fingerprint density at radius 2 is 1.95 bits per heavy atom. The van der Waals surface area contributed by atoms with Gasteiger partial charge in [0.15, 0.2) is 0 Å². The lowest BCUT2D eigenvalue weighted by molar-refractivity contribution is 0.462. The van der Waals surface area contributed by atoms with E-state index in [2.05, 4.69) is 25.9 Å².